The van der Waals surface area contributed by atoms with Crippen molar-refractivity contribution in [3.63, 3.8) is 0 Å². The molecule has 1 heterocycles. The molecule has 0 atom stereocenters. The van der Waals surface area contributed by atoms with Gasteiger partial charge in [-0.1, -0.05) is 178 Å². The molecule has 3 aliphatic carbocycles. The van der Waals surface area contributed by atoms with E-state index in [0.717, 1.165) is 18.7 Å². The van der Waals surface area contributed by atoms with Crippen LogP contribution in [0, 0.1) is 6.92 Å². The Morgan fingerprint density at radius 3 is 1.83 bits per heavy atom. The van der Waals surface area contributed by atoms with Crippen molar-refractivity contribution in [3.05, 3.63) is 185 Å². The van der Waals surface area contributed by atoms with Gasteiger partial charge >= 0.3 is 0 Å². The van der Waals surface area contributed by atoms with Crippen molar-refractivity contribution in [3.8, 4) is 33.4 Å². The van der Waals surface area contributed by atoms with Crippen LogP contribution in [0.2, 0.25) is 0 Å². The molecular formula is C66H67BN2. The lowest BCUT2D eigenvalue weighted by molar-refractivity contribution is 0.332. The Labute approximate surface area is 412 Å². The molecule has 69 heavy (non-hydrogen) atoms. The molecule has 0 radical (unpaired) electrons. The van der Waals surface area contributed by atoms with E-state index in [2.05, 4.69) is 232 Å². The lowest BCUT2D eigenvalue weighted by atomic mass is 9.57. The van der Waals surface area contributed by atoms with Crippen molar-refractivity contribution < 1.29 is 0 Å². The van der Waals surface area contributed by atoms with Crippen LogP contribution in [0.3, 0.4) is 0 Å². The maximum Gasteiger partial charge on any atom is 0.198 e. The zero-order chi connectivity index (χ0) is 48.0. The summed E-state index contributed by atoms with van der Waals surface area (Å²) in [5, 5.41) is 6.70. The highest BCUT2D eigenvalue weighted by Gasteiger charge is 2.41. The molecule has 0 fully saturated rings. The molecule has 1 N–H and O–H groups in total. The number of anilines is 5. The molecule has 0 saturated carbocycles. The van der Waals surface area contributed by atoms with Crippen molar-refractivity contribution in [2.45, 2.75) is 129 Å². The third kappa shape index (κ3) is 6.81. The van der Waals surface area contributed by atoms with Crippen molar-refractivity contribution in [2.75, 3.05) is 10.2 Å². The summed E-state index contributed by atoms with van der Waals surface area (Å²) in [6.45, 7) is 26.7. The first-order valence-corrected chi connectivity index (χ1v) is 25.7. The van der Waals surface area contributed by atoms with Crippen LogP contribution in [0.5, 0.6) is 0 Å². The summed E-state index contributed by atoms with van der Waals surface area (Å²) >= 11 is 0. The second-order valence-corrected chi connectivity index (χ2v) is 24.4. The molecule has 4 aliphatic rings. The molecule has 8 aromatic rings. The number of hydrogen-bond acceptors (Lipinski definition) is 2. The number of nitrogens with one attached hydrogen (secondary N) is 1. The smallest absolute Gasteiger partial charge is 0.198 e. The minimum absolute atomic E-state index is 0.0568. The van der Waals surface area contributed by atoms with Gasteiger partial charge in [0, 0.05) is 44.8 Å². The van der Waals surface area contributed by atoms with E-state index in [1.54, 1.807) is 0 Å². The largest absolute Gasteiger partial charge is 0.355 e. The molecule has 2 nitrogen and oxygen atoms in total. The van der Waals surface area contributed by atoms with Crippen LogP contribution in [0.25, 0.3) is 44.2 Å². The second-order valence-electron chi connectivity index (χ2n) is 24.4. The molecule has 0 saturated heterocycles. The quantitative estimate of drug-likeness (QED) is 0.173. The van der Waals surface area contributed by atoms with Gasteiger partial charge in [-0.25, -0.2) is 0 Å². The van der Waals surface area contributed by atoms with Gasteiger partial charge in [0.25, 0.3) is 0 Å². The van der Waals surface area contributed by atoms with Crippen LogP contribution in [0.1, 0.15) is 134 Å². The minimum atomic E-state index is -0.149. The van der Waals surface area contributed by atoms with Gasteiger partial charge in [0.1, 0.15) is 0 Å². The lowest BCUT2D eigenvalue weighted by Gasteiger charge is -2.44. The van der Waals surface area contributed by atoms with Crippen LogP contribution < -0.4 is 21.1 Å². The van der Waals surface area contributed by atoms with Crippen molar-refractivity contribution in [1.82, 2.24) is 0 Å². The van der Waals surface area contributed by atoms with Gasteiger partial charge in [-0.05, 0) is 174 Å². The van der Waals surface area contributed by atoms with E-state index in [-0.39, 0.29) is 27.1 Å². The number of benzene rings is 8. The van der Waals surface area contributed by atoms with Crippen molar-refractivity contribution >= 4 is 57.4 Å². The predicted molar refractivity (Wildman–Crippen MR) is 299 cm³/mol. The summed E-state index contributed by atoms with van der Waals surface area (Å²) in [6, 6.07) is 56.4. The topological polar surface area (TPSA) is 15.3 Å². The maximum atomic E-state index is 4.17. The van der Waals surface area contributed by atoms with Crippen LogP contribution in [0.4, 0.5) is 28.4 Å². The van der Waals surface area contributed by atoms with E-state index in [1.165, 1.54) is 137 Å². The highest BCUT2D eigenvalue weighted by molar-refractivity contribution is 6.74. The Morgan fingerprint density at radius 1 is 0.449 bits per heavy atom. The molecule has 0 bridgehead atoms. The maximum absolute atomic E-state index is 4.17. The standard InChI is InChI=1S/C66H67BN2/c1-40-33-53-55(65(8,9)32-31-63(53,4)5)39-58(40)69-59-35-42(41-19-13-12-14-20-41)25-28-56(59)67-60-49(34-43-21-15-16-22-45(43)61(60)69)48-37-47-46-23-17-18-24-50(46)66(10,11)52(47)38-57(48)68-44-26-27-51-54(36-44)64(6,7)30-29-62(51,2)3/h12-28,33-39,67-68H,29-32H2,1-11H3. The molecule has 12 rings (SSSR count). The summed E-state index contributed by atoms with van der Waals surface area (Å²) in [5.41, 5.74) is 26.8. The fourth-order valence-corrected chi connectivity index (χ4v) is 13.2. The van der Waals surface area contributed by atoms with E-state index in [4.69, 9.17) is 0 Å². The molecule has 3 heteroatoms. The SMILES string of the molecule is Cc1cc2c(cc1N1c3cc(-c4ccccc4)ccc3Bc3c(-c4cc5c(cc4Nc4ccc6c(c4)C(C)(C)CCC6(C)C)C(C)(C)c4ccccc4-5)cc4ccccc4c31)C(C)(C)CCC2(C)C. The first-order chi connectivity index (χ1) is 32.8. The minimum Gasteiger partial charge on any atom is -0.355 e. The number of aryl methyl sites for hydroxylation is 1. The number of rotatable bonds is 5. The molecule has 0 amide bonds. The fraction of sp³-hybridized carbons (Fsp3) is 0.303. The van der Waals surface area contributed by atoms with E-state index in [9.17, 15) is 0 Å². The second kappa shape index (κ2) is 15.1. The normalized spacial score (nSPS) is 18.2. The predicted octanol–water partition coefficient (Wildman–Crippen LogP) is 16.4. The van der Waals surface area contributed by atoms with E-state index in [0.29, 0.717) is 0 Å². The molecular weight excluding hydrogens is 832 g/mol. The average molecular weight is 899 g/mol. The van der Waals surface area contributed by atoms with Gasteiger partial charge in [-0.3, -0.25) is 0 Å². The van der Waals surface area contributed by atoms with E-state index in [1.807, 2.05) is 0 Å². The lowest BCUT2D eigenvalue weighted by Crippen LogP contribution is -2.41. The summed E-state index contributed by atoms with van der Waals surface area (Å²) in [4.78, 5) is 2.69. The van der Waals surface area contributed by atoms with Crippen molar-refractivity contribution in [2.24, 2.45) is 0 Å². The zero-order valence-corrected chi connectivity index (χ0v) is 42.8. The Bertz CT molecular complexity index is 3440. The molecule has 0 unspecified atom stereocenters. The number of hydrogen-bond donors (Lipinski definition) is 1. The van der Waals surface area contributed by atoms with Gasteiger partial charge in [-0.15, -0.1) is 0 Å². The van der Waals surface area contributed by atoms with Crippen LogP contribution in [0.15, 0.2) is 146 Å². The van der Waals surface area contributed by atoms with E-state index >= 15 is 0 Å². The zero-order valence-electron chi connectivity index (χ0n) is 42.8. The Hall–Kier alpha value is -6.32. The van der Waals surface area contributed by atoms with Gasteiger partial charge in [0.15, 0.2) is 7.28 Å². The summed E-state index contributed by atoms with van der Waals surface area (Å²) in [5.74, 6) is 0. The van der Waals surface area contributed by atoms with Crippen molar-refractivity contribution in [1.29, 1.82) is 0 Å². The van der Waals surface area contributed by atoms with Crippen LogP contribution in [-0.2, 0) is 27.1 Å². The Morgan fingerprint density at radius 2 is 1.09 bits per heavy atom. The monoisotopic (exact) mass is 899 g/mol. The Balaban J connectivity index is 1.15. The first-order valence-electron chi connectivity index (χ1n) is 25.7. The molecule has 0 aromatic heterocycles. The van der Waals surface area contributed by atoms with Gasteiger partial charge in [-0.2, -0.15) is 0 Å². The van der Waals surface area contributed by atoms with Gasteiger partial charge in [0.05, 0.1) is 0 Å². The third-order valence-corrected chi connectivity index (χ3v) is 17.7. The highest BCUT2D eigenvalue weighted by Crippen LogP contribution is 2.55. The van der Waals surface area contributed by atoms with Crippen LogP contribution >= 0.6 is 0 Å². The summed E-state index contributed by atoms with van der Waals surface area (Å²) < 4.78 is 0. The molecule has 8 aromatic carbocycles. The van der Waals surface area contributed by atoms with E-state index < -0.39 is 0 Å². The molecule has 0 spiro atoms. The average Bonchev–Trinajstić information content (AvgIpc) is 3.55. The third-order valence-electron chi connectivity index (χ3n) is 17.7. The molecule has 344 valence electrons. The van der Waals surface area contributed by atoms with Crippen LogP contribution in [-0.4, -0.2) is 7.28 Å². The van der Waals surface area contributed by atoms with Gasteiger partial charge < -0.3 is 10.2 Å². The van der Waals surface area contributed by atoms with Gasteiger partial charge in [0.2, 0.25) is 0 Å². The Kier molecular flexibility index (Phi) is 9.61. The molecule has 1 aliphatic heterocycles. The summed E-state index contributed by atoms with van der Waals surface area (Å²) in [7, 11) is 0.819. The highest BCUT2D eigenvalue weighted by atomic mass is 15.2. The number of fused-ring (bicyclic) bond motifs is 9. The summed E-state index contributed by atoms with van der Waals surface area (Å²) in [6.07, 6.45) is 4.74. The fourth-order valence-electron chi connectivity index (χ4n) is 13.2. The first kappa shape index (κ1) is 43.9. The number of nitrogens with zero attached hydrogens (tertiary/aromatic N) is 1.